The number of ether oxygens (including phenoxy) is 7. The summed E-state index contributed by atoms with van der Waals surface area (Å²) in [7, 11) is 2.75. The van der Waals surface area contributed by atoms with Gasteiger partial charge in [-0.1, -0.05) is 202 Å². The maximum Gasteiger partial charge on any atom is 0.307 e. The van der Waals surface area contributed by atoms with Crippen molar-refractivity contribution in [3.8, 4) is 75.8 Å². The number of rotatable bonds is 27. The predicted molar refractivity (Wildman–Crippen MR) is 431 cm³/mol. The number of hydrogen-bond acceptors (Lipinski definition) is 14. The standard InChI is InChI=1S/C26H32O4.C25H30O4.C13H14O3.C13H20O2.C10H14O.C3H7BrO/c1-6-9-21(18-25(27)28-5)20-12-14-23(15-13-20)29-16-8-17-30-24-11-7-10-22(19-24)26(2,3)4;1-5-8-20(17-24(26)27)19-11-13-22(14-12-19)28-15-7-16-29-23-10-6-9-21(18-23)25(2,3)4;1-3-4-11(9-13(15)16-2)10-5-7-12(14)8-6-10;1-13(2,3)11-6-4-7-12(10-11)15-9-5-8-14;1-10(2,3)8-5-4-6-9(11)7-8;4-2-1-3-5/h7,10-15,19,21H,8,16-18H2,1-5H3;6,9-14,18,20H,7,15-17H2,1-4H3,(H,26,27);5-8,11,14H,9H2,1-2H3;4,6-7,10,14H,5,8-9H2,1-3H3;4-7,11H,1-3H3;5H,1-3H2. The number of aliphatic carboxylic acids is 1. The minimum Gasteiger partial charge on any atom is -0.508 e. The molecule has 0 bridgehead atoms. The molecule has 0 spiro atoms. The Kier molecular flexibility index (Phi) is 43.9. The van der Waals surface area contributed by atoms with Crippen molar-refractivity contribution in [2.24, 2.45) is 0 Å². The second-order valence-electron chi connectivity index (χ2n) is 28.7. The molecule has 7 rings (SSSR count). The Hall–Kier alpha value is -9.37. The summed E-state index contributed by atoms with van der Waals surface area (Å²) in [5, 5.41) is 45.0. The number of carboxylic acids is 1. The third-order valence-electron chi connectivity index (χ3n) is 15.7. The van der Waals surface area contributed by atoms with E-state index >= 15 is 0 Å². The van der Waals surface area contributed by atoms with Crippen LogP contribution in [0, 0.1) is 35.5 Å². The van der Waals surface area contributed by atoms with E-state index in [0.717, 1.165) is 75.6 Å². The third kappa shape index (κ3) is 39.7. The van der Waals surface area contributed by atoms with E-state index in [9.17, 15) is 19.5 Å². The molecule has 0 saturated heterocycles. The second-order valence-corrected chi connectivity index (χ2v) is 29.4. The molecule has 106 heavy (non-hydrogen) atoms. The number of hydrogen-bond donors (Lipinski definition) is 5. The first kappa shape index (κ1) is 92.7. The predicted octanol–water partition coefficient (Wildman–Crippen LogP) is 19.2. The van der Waals surface area contributed by atoms with E-state index in [1.54, 1.807) is 57.2 Å². The van der Waals surface area contributed by atoms with Crippen LogP contribution in [-0.4, -0.2) is 109 Å². The summed E-state index contributed by atoms with van der Waals surface area (Å²) in [5.74, 6) is 20.1. The molecule has 3 atom stereocenters. The smallest absolute Gasteiger partial charge is 0.307 e. The molecule has 0 heterocycles. The summed E-state index contributed by atoms with van der Waals surface area (Å²) in [6.45, 7) is 34.6. The largest absolute Gasteiger partial charge is 0.508 e. The molecule has 7 aromatic rings. The average Bonchev–Trinajstić information content (AvgIpc) is 0.914. The lowest BCUT2D eigenvalue weighted by Crippen LogP contribution is -2.11. The first-order chi connectivity index (χ1) is 50.2. The lowest BCUT2D eigenvalue weighted by molar-refractivity contribution is -0.141. The van der Waals surface area contributed by atoms with Gasteiger partial charge in [-0.15, -0.1) is 17.8 Å². The quantitative estimate of drug-likeness (QED) is 0.0140. The van der Waals surface area contributed by atoms with Crippen molar-refractivity contribution in [3.63, 3.8) is 0 Å². The van der Waals surface area contributed by atoms with Gasteiger partial charge < -0.3 is 58.7 Å². The van der Waals surface area contributed by atoms with Crippen LogP contribution in [0.3, 0.4) is 0 Å². The van der Waals surface area contributed by atoms with Crippen molar-refractivity contribution >= 4 is 33.8 Å². The summed E-state index contributed by atoms with van der Waals surface area (Å²) in [6, 6.07) is 53.8. The maximum absolute atomic E-state index is 11.6. The Balaban J connectivity index is 0.000000462. The lowest BCUT2D eigenvalue weighted by Gasteiger charge is -2.19. The van der Waals surface area contributed by atoms with Crippen LogP contribution in [0.5, 0.6) is 40.2 Å². The van der Waals surface area contributed by atoms with Crippen molar-refractivity contribution < 1.29 is 73.1 Å². The van der Waals surface area contributed by atoms with Crippen LogP contribution in [-0.2, 0) is 45.5 Å². The van der Waals surface area contributed by atoms with E-state index in [-0.39, 0.29) is 83.0 Å². The van der Waals surface area contributed by atoms with Crippen LogP contribution in [0.15, 0.2) is 170 Å². The van der Waals surface area contributed by atoms with Crippen molar-refractivity contribution in [1.29, 1.82) is 0 Å². The molecule has 15 nitrogen and oxygen atoms in total. The number of carbonyl (C=O) groups excluding carboxylic acids is 2. The number of methoxy groups -OCH3 is 2. The van der Waals surface area contributed by atoms with Crippen LogP contribution in [0.2, 0.25) is 0 Å². The number of carbonyl (C=O) groups is 3. The van der Waals surface area contributed by atoms with Crippen LogP contribution in [0.1, 0.15) is 205 Å². The molecule has 0 radical (unpaired) electrons. The number of benzene rings is 7. The zero-order valence-corrected chi connectivity index (χ0v) is 67.3. The lowest BCUT2D eigenvalue weighted by atomic mass is 9.87. The van der Waals surface area contributed by atoms with E-state index in [4.69, 9.17) is 48.8 Å². The Labute approximate surface area is 641 Å². The van der Waals surface area contributed by atoms with Gasteiger partial charge in [0.15, 0.2) is 0 Å². The molecule has 3 unspecified atom stereocenters. The number of alkyl halides is 1. The average molecular weight is 1520 g/mol. The molecule has 574 valence electrons. The molecular formula is C90H117BrO15. The molecule has 0 amide bonds. The van der Waals surface area contributed by atoms with Crippen LogP contribution >= 0.6 is 15.9 Å². The monoisotopic (exact) mass is 1520 g/mol. The fourth-order valence-electron chi connectivity index (χ4n) is 9.58. The summed E-state index contributed by atoms with van der Waals surface area (Å²) >= 11 is 3.15. The third-order valence-corrected chi connectivity index (χ3v) is 16.3. The van der Waals surface area contributed by atoms with Crippen molar-refractivity contribution in [2.75, 3.05) is 65.8 Å². The molecule has 5 N–H and O–H groups in total. The van der Waals surface area contributed by atoms with E-state index in [2.05, 4.69) is 176 Å². The number of aromatic hydroxyl groups is 2. The van der Waals surface area contributed by atoms with Crippen LogP contribution < -0.4 is 23.7 Å². The summed E-state index contributed by atoms with van der Waals surface area (Å²) in [5.41, 5.74) is 8.18. The summed E-state index contributed by atoms with van der Waals surface area (Å²) in [6.07, 6.45) is 3.56. The zero-order chi connectivity index (χ0) is 79.1. The molecule has 0 fully saturated rings. The first-order valence-electron chi connectivity index (χ1n) is 35.9. The fourth-order valence-corrected chi connectivity index (χ4v) is 9.83. The second kappa shape index (κ2) is 50.2. The van der Waals surface area contributed by atoms with E-state index < -0.39 is 5.97 Å². The Morgan fingerprint density at radius 1 is 0.377 bits per heavy atom. The number of esters is 2. The van der Waals surface area contributed by atoms with Gasteiger partial charge in [0.2, 0.25) is 0 Å². The van der Waals surface area contributed by atoms with Gasteiger partial charge in [0, 0.05) is 37.8 Å². The number of aliphatic hydroxyl groups is 2. The minimum atomic E-state index is -0.855. The van der Waals surface area contributed by atoms with E-state index in [1.165, 1.54) is 30.9 Å². The molecule has 0 aromatic heterocycles. The van der Waals surface area contributed by atoms with Gasteiger partial charge in [0.25, 0.3) is 0 Å². The molecule has 16 heteroatoms. The van der Waals surface area contributed by atoms with Gasteiger partial charge in [-0.2, -0.15) is 0 Å². The Morgan fingerprint density at radius 2 is 0.670 bits per heavy atom. The van der Waals surface area contributed by atoms with Gasteiger partial charge in [0.1, 0.15) is 40.2 Å². The normalized spacial score (nSPS) is 11.5. The molecule has 0 aliphatic rings. The van der Waals surface area contributed by atoms with Gasteiger partial charge in [-0.3, -0.25) is 14.4 Å². The van der Waals surface area contributed by atoms with Crippen LogP contribution in [0.25, 0.3) is 0 Å². The van der Waals surface area contributed by atoms with Crippen LogP contribution in [0.4, 0.5) is 0 Å². The number of halogens is 1. The molecule has 0 aliphatic carbocycles. The Morgan fingerprint density at radius 3 is 0.934 bits per heavy atom. The van der Waals surface area contributed by atoms with Gasteiger partial charge in [0.05, 0.1) is 84.3 Å². The molecule has 0 saturated carbocycles. The Bertz CT molecular complexity index is 3840. The maximum atomic E-state index is 11.6. The number of aliphatic hydroxyl groups excluding tert-OH is 2. The van der Waals surface area contributed by atoms with Crippen molar-refractivity contribution in [2.45, 2.75) is 188 Å². The molecular weight excluding hydrogens is 1400 g/mol. The highest BCUT2D eigenvalue weighted by Gasteiger charge is 2.20. The molecule has 0 aliphatic heterocycles. The van der Waals surface area contributed by atoms with Crippen molar-refractivity contribution in [1.82, 2.24) is 0 Å². The highest BCUT2D eigenvalue weighted by atomic mass is 79.9. The van der Waals surface area contributed by atoms with Crippen molar-refractivity contribution in [3.05, 3.63) is 209 Å². The first-order valence-corrected chi connectivity index (χ1v) is 37.0. The van der Waals surface area contributed by atoms with Gasteiger partial charge in [-0.05, 0) is 173 Å². The highest BCUT2D eigenvalue weighted by molar-refractivity contribution is 9.09. The zero-order valence-electron chi connectivity index (χ0n) is 65.7. The van der Waals surface area contributed by atoms with E-state index in [0.29, 0.717) is 51.8 Å². The van der Waals surface area contributed by atoms with E-state index in [1.807, 2.05) is 97.1 Å². The minimum absolute atomic E-state index is 0.00516. The fraction of sp³-hybridized carbons (Fsp3) is 0.433. The number of phenolic OH excluding ortho intramolecular Hbond substituents is 2. The highest BCUT2D eigenvalue weighted by Crippen LogP contribution is 2.31. The number of phenols is 2. The van der Waals surface area contributed by atoms with Gasteiger partial charge in [-0.25, -0.2) is 0 Å². The SMILES string of the molecule is CC#CC(CC(=O)O)c1ccc(OCCCOc2cccc(C(C)(C)C)c2)cc1.CC#CC(CC(=O)OC)c1ccc(O)cc1.CC#CC(CC(=O)OC)c1ccc(OCCCOc2cccc(C(C)(C)C)c2)cc1.CC(C)(C)c1cccc(O)c1.CC(C)(C)c1cccc(OCCCO)c1.OCCCBr. The summed E-state index contributed by atoms with van der Waals surface area (Å²) < 4.78 is 38.2. The van der Waals surface area contributed by atoms with Gasteiger partial charge >= 0.3 is 17.9 Å². The topological polar surface area (TPSA) is 217 Å². The summed E-state index contributed by atoms with van der Waals surface area (Å²) in [4.78, 5) is 33.8. The number of carboxylic acid groups (broad SMARTS) is 1. The molecule has 7 aromatic carbocycles.